The van der Waals surface area contributed by atoms with Crippen LogP contribution in [-0.2, 0) is 24.9 Å². The molecule has 0 unspecified atom stereocenters. The number of aryl methyl sites for hydroxylation is 2. The van der Waals surface area contributed by atoms with Gasteiger partial charge in [0.2, 0.25) is 5.91 Å². The van der Waals surface area contributed by atoms with Crippen LogP contribution in [0.25, 0.3) is 0 Å². The van der Waals surface area contributed by atoms with E-state index in [2.05, 4.69) is 15.4 Å². The van der Waals surface area contributed by atoms with Crippen molar-refractivity contribution < 1.29 is 9.53 Å². The molecule has 0 aliphatic rings. The Labute approximate surface area is 159 Å². The predicted octanol–water partition coefficient (Wildman–Crippen LogP) is 3.58. The number of hydrogen-bond acceptors (Lipinski definition) is 4. The molecule has 0 bridgehead atoms. The summed E-state index contributed by atoms with van der Waals surface area (Å²) in [6.07, 6.45) is 2.82. The van der Waals surface area contributed by atoms with Gasteiger partial charge in [0.15, 0.2) is 0 Å². The molecule has 0 atom stereocenters. The van der Waals surface area contributed by atoms with Crippen molar-refractivity contribution in [1.29, 1.82) is 0 Å². The van der Waals surface area contributed by atoms with Crippen LogP contribution in [0.3, 0.4) is 0 Å². The number of carbonyl (C=O) groups is 1. The number of amides is 1. The van der Waals surface area contributed by atoms with Gasteiger partial charge in [-0.05, 0) is 50.1 Å². The minimum Gasteiger partial charge on any atom is -0.487 e. The molecule has 0 radical (unpaired) electrons. The van der Waals surface area contributed by atoms with E-state index < -0.39 is 0 Å². The molecule has 1 aromatic carbocycles. The third kappa shape index (κ3) is 4.94. The minimum atomic E-state index is -0.0282. The largest absolute Gasteiger partial charge is 0.487 e. The number of ether oxygens (including phenoxy) is 1. The molecule has 3 aromatic rings. The number of anilines is 1. The highest BCUT2D eigenvalue weighted by Gasteiger charge is 2.11. The van der Waals surface area contributed by atoms with Gasteiger partial charge in [0.05, 0.1) is 11.4 Å². The van der Waals surface area contributed by atoms with Crippen LogP contribution in [0.4, 0.5) is 5.69 Å². The summed E-state index contributed by atoms with van der Waals surface area (Å²) in [5.74, 6) is 0.664. The number of carbonyl (C=O) groups excluding carboxylic acids is 1. The Morgan fingerprint density at radius 1 is 1.19 bits per heavy atom. The summed E-state index contributed by atoms with van der Waals surface area (Å²) >= 11 is 0. The van der Waals surface area contributed by atoms with Crippen molar-refractivity contribution in [2.45, 2.75) is 33.3 Å². The topological polar surface area (TPSA) is 69.0 Å². The second-order valence-corrected chi connectivity index (χ2v) is 6.46. The summed E-state index contributed by atoms with van der Waals surface area (Å²) in [4.78, 5) is 16.5. The van der Waals surface area contributed by atoms with E-state index in [1.807, 2.05) is 68.0 Å². The number of rotatable bonds is 7. The number of aromatic nitrogens is 3. The van der Waals surface area contributed by atoms with Crippen molar-refractivity contribution in [1.82, 2.24) is 14.8 Å². The van der Waals surface area contributed by atoms with Gasteiger partial charge in [0.1, 0.15) is 12.4 Å². The molecule has 0 aliphatic carbocycles. The first-order valence-electron chi connectivity index (χ1n) is 8.94. The van der Waals surface area contributed by atoms with Crippen LogP contribution >= 0.6 is 0 Å². The first-order valence-corrected chi connectivity index (χ1v) is 8.94. The molecule has 6 heteroatoms. The lowest BCUT2D eigenvalue weighted by Gasteiger charge is -2.09. The van der Waals surface area contributed by atoms with Gasteiger partial charge in [-0.3, -0.25) is 14.5 Å². The van der Waals surface area contributed by atoms with E-state index in [1.165, 1.54) is 0 Å². The smallest absolute Gasteiger partial charge is 0.224 e. The summed E-state index contributed by atoms with van der Waals surface area (Å²) in [6, 6.07) is 13.1. The van der Waals surface area contributed by atoms with Gasteiger partial charge in [0, 0.05) is 37.1 Å². The molecule has 0 saturated heterocycles. The van der Waals surface area contributed by atoms with E-state index in [9.17, 15) is 4.79 Å². The number of pyridine rings is 1. The quantitative estimate of drug-likeness (QED) is 0.696. The van der Waals surface area contributed by atoms with Gasteiger partial charge in [-0.1, -0.05) is 12.1 Å². The molecular formula is C21H24N4O2. The fraction of sp³-hybridized carbons (Fsp3) is 0.286. The molecule has 2 heterocycles. The maximum Gasteiger partial charge on any atom is 0.224 e. The number of nitrogens with one attached hydrogen (secondary N) is 1. The molecule has 27 heavy (non-hydrogen) atoms. The molecule has 0 aliphatic heterocycles. The van der Waals surface area contributed by atoms with E-state index in [4.69, 9.17) is 4.74 Å². The Morgan fingerprint density at radius 3 is 2.74 bits per heavy atom. The highest BCUT2D eigenvalue weighted by Crippen LogP contribution is 2.19. The van der Waals surface area contributed by atoms with Crippen molar-refractivity contribution in [3.05, 3.63) is 71.3 Å². The normalized spacial score (nSPS) is 10.6. The van der Waals surface area contributed by atoms with Crippen LogP contribution in [0, 0.1) is 13.8 Å². The van der Waals surface area contributed by atoms with E-state index >= 15 is 0 Å². The van der Waals surface area contributed by atoms with Crippen LogP contribution in [0.1, 0.15) is 29.1 Å². The third-order valence-electron chi connectivity index (χ3n) is 4.49. The summed E-state index contributed by atoms with van der Waals surface area (Å²) in [5, 5.41) is 7.33. The highest BCUT2D eigenvalue weighted by atomic mass is 16.5. The van der Waals surface area contributed by atoms with Crippen molar-refractivity contribution in [2.24, 2.45) is 7.05 Å². The zero-order valence-corrected chi connectivity index (χ0v) is 15.9. The van der Waals surface area contributed by atoms with Crippen LogP contribution < -0.4 is 10.1 Å². The van der Waals surface area contributed by atoms with E-state index in [0.717, 1.165) is 28.3 Å². The van der Waals surface area contributed by atoms with Crippen molar-refractivity contribution in [3.63, 3.8) is 0 Å². The number of nitrogens with zero attached hydrogens (tertiary/aromatic N) is 3. The van der Waals surface area contributed by atoms with Crippen LogP contribution in [0.5, 0.6) is 5.75 Å². The molecule has 6 nitrogen and oxygen atoms in total. The molecule has 0 fully saturated rings. The standard InChI is InChI=1S/C21H24N4O2/c1-15-20(16(2)25(3)24-15)10-11-21(26)23-17-8-6-9-19(13-17)27-14-18-7-4-5-12-22-18/h4-9,12-13H,10-11,14H2,1-3H3,(H,23,26). The molecule has 140 valence electrons. The fourth-order valence-corrected chi connectivity index (χ4v) is 2.95. The average Bonchev–Trinajstić information content (AvgIpc) is 2.91. The summed E-state index contributed by atoms with van der Waals surface area (Å²) < 4.78 is 7.61. The minimum absolute atomic E-state index is 0.0282. The van der Waals surface area contributed by atoms with Gasteiger partial charge >= 0.3 is 0 Å². The van der Waals surface area contributed by atoms with Crippen molar-refractivity contribution in [3.8, 4) is 5.75 Å². The highest BCUT2D eigenvalue weighted by molar-refractivity contribution is 5.91. The van der Waals surface area contributed by atoms with Crippen LogP contribution in [0.15, 0.2) is 48.7 Å². The Balaban J connectivity index is 1.55. The first kappa shape index (κ1) is 18.6. The zero-order valence-electron chi connectivity index (χ0n) is 15.9. The molecular weight excluding hydrogens is 340 g/mol. The lowest BCUT2D eigenvalue weighted by atomic mass is 10.1. The van der Waals surface area contributed by atoms with E-state index in [-0.39, 0.29) is 5.91 Å². The number of hydrogen-bond donors (Lipinski definition) is 1. The molecule has 0 saturated carbocycles. The SMILES string of the molecule is Cc1nn(C)c(C)c1CCC(=O)Nc1cccc(OCc2ccccn2)c1. The second kappa shape index (κ2) is 8.49. The second-order valence-electron chi connectivity index (χ2n) is 6.46. The summed E-state index contributed by atoms with van der Waals surface area (Å²) in [7, 11) is 1.92. The summed E-state index contributed by atoms with van der Waals surface area (Å²) in [5.41, 5.74) is 4.80. The molecule has 1 amide bonds. The van der Waals surface area contributed by atoms with Gasteiger partial charge in [-0.2, -0.15) is 5.10 Å². The maximum atomic E-state index is 12.3. The Hall–Kier alpha value is -3.15. The van der Waals surface area contributed by atoms with Gasteiger partial charge in [-0.25, -0.2) is 0 Å². The van der Waals surface area contributed by atoms with Crippen LogP contribution in [-0.4, -0.2) is 20.7 Å². The monoisotopic (exact) mass is 364 g/mol. The predicted molar refractivity (Wildman–Crippen MR) is 105 cm³/mol. The Kier molecular flexibility index (Phi) is 5.86. The number of benzene rings is 1. The Bertz CT molecular complexity index is 919. The van der Waals surface area contributed by atoms with Crippen LogP contribution in [0.2, 0.25) is 0 Å². The zero-order chi connectivity index (χ0) is 19.2. The van der Waals surface area contributed by atoms with Gasteiger partial charge in [-0.15, -0.1) is 0 Å². The maximum absolute atomic E-state index is 12.3. The molecule has 3 rings (SSSR count). The van der Waals surface area contributed by atoms with Crippen molar-refractivity contribution >= 4 is 11.6 Å². The molecule has 1 N–H and O–H groups in total. The van der Waals surface area contributed by atoms with Gasteiger partial charge in [0.25, 0.3) is 0 Å². The van der Waals surface area contributed by atoms with Crippen molar-refractivity contribution in [2.75, 3.05) is 5.32 Å². The summed E-state index contributed by atoms with van der Waals surface area (Å²) in [6.45, 7) is 4.39. The fourth-order valence-electron chi connectivity index (χ4n) is 2.95. The molecule has 0 spiro atoms. The molecule has 2 aromatic heterocycles. The first-order chi connectivity index (χ1) is 13.0. The van der Waals surface area contributed by atoms with E-state index in [1.54, 1.807) is 6.20 Å². The van der Waals surface area contributed by atoms with Gasteiger partial charge < -0.3 is 10.1 Å². The lowest BCUT2D eigenvalue weighted by Crippen LogP contribution is -2.12. The average molecular weight is 364 g/mol. The third-order valence-corrected chi connectivity index (χ3v) is 4.49. The lowest BCUT2D eigenvalue weighted by molar-refractivity contribution is -0.116. The van der Waals surface area contributed by atoms with E-state index in [0.29, 0.717) is 25.2 Å². The Morgan fingerprint density at radius 2 is 2.04 bits per heavy atom.